The van der Waals surface area contributed by atoms with Gasteiger partial charge in [0.2, 0.25) is 11.7 Å². The van der Waals surface area contributed by atoms with E-state index in [0.29, 0.717) is 27.1 Å². The van der Waals surface area contributed by atoms with E-state index in [-0.39, 0.29) is 22.9 Å². The standard InChI is InChI=1S/C30H26ClNO7/c1-16-8-6-7-9-20(16)27-21-15-22(31)17(2)12-23(21)39-30(35)28(27)32-26(34)11-10-19-13-24(36-4)29(38-18(3)33)25(14-19)37-5/h6-15H,1-5H3,(H,32,34). The number of benzene rings is 3. The average Bonchev–Trinajstić information content (AvgIpc) is 2.90. The van der Waals surface area contributed by atoms with E-state index in [0.717, 1.165) is 16.7 Å². The number of hydrogen-bond donors (Lipinski definition) is 1. The normalized spacial score (nSPS) is 11.0. The van der Waals surface area contributed by atoms with Crippen LogP contribution in [0.2, 0.25) is 5.02 Å². The fourth-order valence-electron chi connectivity index (χ4n) is 4.15. The van der Waals surface area contributed by atoms with Crippen molar-refractivity contribution in [3.63, 3.8) is 0 Å². The van der Waals surface area contributed by atoms with Crippen LogP contribution in [-0.2, 0) is 9.59 Å². The van der Waals surface area contributed by atoms with E-state index >= 15 is 0 Å². The SMILES string of the molecule is COc1cc(C=CC(=O)Nc2c(-c3ccccc3C)c3cc(Cl)c(C)cc3oc2=O)cc(OC)c1OC(C)=O. The van der Waals surface area contributed by atoms with Crippen molar-refractivity contribution >= 4 is 46.2 Å². The minimum Gasteiger partial charge on any atom is -0.493 e. The van der Waals surface area contributed by atoms with Gasteiger partial charge < -0.3 is 23.9 Å². The molecule has 0 bridgehead atoms. The van der Waals surface area contributed by atoms with E-state index in [1.807, 2.05) is 38.1 Å². The molecule has 1 heterocycles. The van der Waals surface area contributed by atoms with Crippen molar-refractivity contribution < 1.29 is 28.2 Å². The number of carbonyl (C=O) groups excluding carboxylic acids is 2. The second-order valence-corrected chi connectivity index (χ2v) is 9.13. The molecule has 0 unspecified atom stereocenters. The maximum absolute atomic E-state index is 13.1. The molecule has 1 aromatic heterocycles. The van der Waals surface area contributed by atoms with Crippen molar-refractivity contribution in [1.82, 2.24) is 0 Å². The van der Waals surface area contributed by atoms with Gasteiger partial charge in [0, 0.05) is 29.0 Å². The summed E-state index contributed by atoms with van der Waals surface area (Å²) in [6.45, 7) is 5.00. The molecule has 4 aromatic rings. The fourth-order valence-corrected chi connectivity index (χ4v) is 4.31. The Kier molecular flexibility index (Phi) is 8.07. The minimum absolute atomic E-state index is 0.00765. The first kappa shape index (κ1) is 27.5. The van der Waals surface area contributed by atoms with Gasteiger partial charge in [-0.2, -0.15) is 0 Å². The molecule has 0 spiro atoms. The number of carbonyl (C=O) groups is 2. The van der Waals surface area contributed by atoms with Crippen molar-refractivity contribution in [2.45, 2.75) is 20.8 Å². The lowest BCUT2D eigenvalue weighted by Crippen LogP contribution is -2.17. The molecule has 4 rings (SSSR count). The number of hydrogen-bond acceptors (Lipinski definition) is 7. The highest BCUT2D eigenvalue weighted by molar-refractivity contribution is 6.32. The predicted octanol–water partition coefficient (Wildman–Crippen LogP) is 6.32. The van der Waals surface area contributed by atoms with Gasteiger partial charge in [-0.05, 0) is 66.4 Å². The molecule has 1 N–H and O–H groups in total. The van der Waals surface area contributed by atoms with E-state index in [1.54, 1.807) is 24.3 Å². The van der Waals surface area contributed by atoms with Crippen LogP contribution in [0.1, 0.15) is 23.6 Å². The molecule has 0 aliphatic carbocycles. The number of ether oxygens (including phenoxy) is 3. The summed E-state index contributed by atoms with van der Waals surface area (Å²) in [5.74, 6) is -0.497. The van der Waals surface area contributed by atoms with Gasteiger partial charge in [-0.1, -0.05) is 35.9 Å². The van der Waals surface area contributed by atoms with Crippen LogP contribution in [0.15, 0.2) is 63.8 Å². The number of anilines is 1. The Morgan fingerprint density at radius 2 is 1.64 bits per heavy atom. The Bertz CT molecular complexity index is 1660. The van der Waals surface area contributed by atoms with Crippen LogP contribution < -0.4 is 25.2 Å². The van der Waals surface area contributed by atoms with E-state index < -0.39 is 17.5 Å². The summed E-state index contributed by atoms with van der Waals surface area (Å²) in [4.78, 5) is 37.7. The van der Waals surface area contributed by atoms with Gasteiger partial charge in [-0.3, -0.25) is 9.59 Å². The van der Waals surface area contributed by atoms with Crippen molar-refractivity contribution in [2.75, 3.05) is 19.5 Å². The van der Waals surface area contributed by atoms with Gasteiger partial charge in [0.15, 0.2) is 11.5 Å². The maximum atomic E-state index is 13.1. The average molecular weight is 548 g/mol. The van der Waals surface area contributed by atoms with Gasteiger partial charge in [-0.15, -0.1) is 0 Å². The second kappa shape index (κ2) is 11.4. The van der Waals surface area contributed by atoms with Crippen LogP contribution in [0.3, 0.4) is 0 Å². The number of rotatable bonds is 7. The van der Waals surface area contributed by atoms with Gasteiger partial charge in [0.25, 0.3) is 0 Å². The Labute approximate surface area is 229 Å². The van der Waals surface area contributed by atoms with Crippen molar-refractivity contribution in [3.8, 4) is 28.4 Å². The van der Waals surface area contributed by atoms with Crippen LogP contribution in [0, 0.1) is 13.8 Å². The summed E-state index contributed by atoms with van der Waals surface area (Å²) in [5.41, 5.74) is 3.11. The number of halogens is 1. The van der Waals surface area contributed by atoms with Crippen molar-refractivity contribution in [3.05, 3.63) is 86.7 Å². The quantitative estimate of drug-likeness (QED) is 0.125. The molecular weight excluding hydrogens is 522 g/mol. The summed E-state index contributed by atoms with van der Waals surface area (Å²) >= 11 is 6.42. The Balaban J connectivity index is 1.77. The van der Waals surface area contributed by atoms with Gasteiger partial charge in [0.05, 0.1) is 14.2 Å². The molecule has 1 amide bonds. The molecule has 39 heavy (non-hydrogen) atoms. The van der Waals surface area contributed by atoms with Crippen LogP contribution >= 0.6 is 11.6 Å². The number of aryl methyl sites for hydroxylation is 2. The Morgan fingerprint density at radius 3 is 2.26 bits per heavy atom. The van der Waals surface area contributed by atoms with E-state index in [9.17, 15) is 14.4 Å². The summed E-state index contributed by atoms with van der Waals surface area (Å²) < 4.78 is 21.4. The van der Waals surface area contributed by atoms with Crippen molar-refractivity contribution in [2.24, 2.45) is 0 Å². The number of fused-ring (bicyclic) bond motifs is 1. The molecule has 0 aliphatic rings. The zero-order valence-corrected chi connectivity index (χ0v) is 22.8. The molecule has 8 nitrogen and oxygen atoms in total. The third-order valence-corrected chi connectivity index (χ3v) is 6.41. The van der Waals surface area contributed by atoms with Gasteiger partial charge in [-0.25, -0.2) is 4.79 Å². The van der Waals surface area contributed by atoms with Crippen LogP contribution in [0.4, 0.5) is 5.69 Å². The van der Waals surface area contributed by atoms with Gasteiger partial charge in [0.1, 0.15) is 11.3 Å². The summed E-state index contributed by atoms with van der Waals surface area (Å²) in [7, 11) is 2.84. The molecule has 200 valence electrons. The first-order valence-corrected chi connectivity index (χ1v) is 12.3. The lowest BCUT2D eigenvalue weighted by Gasteiger charge is -2.15. The monoisotopic (exact) mass is 547 g/mol. The maximum Gasteiger partial charge on any atom is 0.360 e. The third kappa shape index (κ3) is 5.81. The Morgan fingerprint density at radius 1 is 0.974 bits per heavy atom. The van der Waals surface area contributed by atoms with Crippen molar-refractivity contribution in [1.29, 1.82) is 0 Å². The zero-order chi connectivity index (χ0) is 28.3. The number of esters is 1. The molecule has 0 aliphatic heterocycles. The number of nitrogens with one attached hydrogen (secondary N) is 1. The molecule has 0 fully saturated rings. The molecule has 9 heteroatoms. The highest BCUT2D eigenvalue weighted by Gasteiger charge is 2.20. The van der Waals surface area contributed by atoms with E-state index in [4.69, 9.17) is 30.2 Å². The predicted molar refractivity (Wildman–Crippen MR) is 151 cm³/mol. The van der Waals surface area contributed by atoms with E-state index in [2.05, 4.69) is 5.32 Å². The second-order valence-electron chi connectivity index (χ2n) is 8.72. The van der Waals surface area contributed by atoms with E-state index in [1.165, 1.54) is 33.3 Å². The topological polar surface area (TPSA) is 104 Å². The zero-order valence-electron chi connectivity index (χ0n) is 22.0. The largest absolute Gasteiger partial charge is 0.493 e. The molecule has 0 radical (unpaired) electrons. The summed E-state index contributed by atoms with van der Waals surface area (Å²) in [5, 5.41) is 3.78. The third-order valence-electron chi connectivity index (χ3n) is 6.01. The summed E-state index contributed by atoms with van der Waals surface area (Å²) in [6.07, 6.45) is 2.77. The van der Waals surface area contributed by atoms with Gasteiger partial charge >= 0.3 is 11.6 Å². The molecular formula is C30H26ClNO7. The lowest BCUT2D eigenvalue weighted by atomic mass is 9.95. The number of methoxy groups -OCH3 is 2. The minimum atomic E-state index is -0.696. The van der Waals surface area contributed by atoms with Crippen LogP contribution in [0.25, 0.3) is 28.2 Å². The molecule has 0 saturated heterocycles. The van der Waals surface area contributed by atoms with Crippen LogP contribution in [-0.4, -0.2) is 26.1 Å². The molecule has 3 aromatic carbocycles. The molecule has 0 saturated carbocycles. The lowest BCUT2D eigenvalue weighted by molar-refractivity contribution is -0.132. The first-order chi connectivity index (χ1) is 18.6. The number of amides is 1. The Hall–Kier alpha value is -4.56. The highest BCUT2D eigenvalue weighted by Crippen LogP contribution is 2.40. The fraction of sp³-hybridized carbons (Fsp3) is 0.167. The molecule has 0 atom stereocenters. The first-order valence-electron chi connectivity index (χ1n) is 11.9. The van der Waals surface area contributed by atoms with Crippen LogP contribution in [0.5, 0.6) is 17.2 Å². The summed E-state index contributed by atoms with van der Waals surface area (Å²) in [6, 6.07) is 14.1. The smallest absolute Gasteiger partial charge is 0.360 e. The highest BCUT2D eigenvalue weighted by atomic mass is 35.5.